The first kappa shape index (κ1) is 11.1. The predicted octanol–water partition coefficient (Wildman–Crippen LogP) is 4.17. The lowest BCUT2D eigenvalue weighted by Gasteiger charge is -2.07. The van der Waals surface area contributed by atoms with E-state index in [0.29, 0.717) is 5.56 Å². The van der Waals surface area contributed by atoms with Gasteiger partial charge in [-0.05, 0) is 15.9 Å². The Morgan fingerprint density at radius 2 is 2.15 bits per heavy atom. The van der Waals surface area contributed by atoms with Crippen LogP contribution < -0.4 is 0 Å². The van der Waals surface area contributed by atoms with Crippen molar-refractivity contribution in [2.45, 2.75) is 12.3 Å². The molecule has 0 amide bonds. The summed E-state index contributed by atoms with van der Waals surface area (Å²) >= 11 is 14.0. The van der Waals surface area contributed by atoms with Gasteiger partial charge >= 0.3 is 0 Å². The van der Waals surface area contributed by atoms with Gasteiger partial charge in [-0.1, -0.05) is 11.6 Å². The molecule has 0 atom stereocenters. The van der Waals surface area contributed by atoms with Crippen LogP contribution in [0.3, 0.4) is 0 Å². The van der Waals surface area contributed by atoms with Gasteiger partial charge in [-0.2, -0.15) is 0 Å². The fraction of sp³-hybridized carbons (Fsp3) is 0.286. The summed E-state index contributed by atoms with van der Waals surface area (Å²) in [7, 11) is 0. The molecule has 0 radical (unpaired) electrons. The topological polar surface area (TPSA) is 12.9 Å². The molecule has 0 bridgehead atoms. The smallest absolute Gasteiger partial charge is 0.244 e. The number of rotatable bonds is 2. The van der Waals surface area contributed by atoms with Crippen LogP contribution in [0, 0.1) is 0 Å². The molecule has 0 fully saturated rings. The Balaban J connectivity index is 3.30. The molecule has 1 heterocycles. The Hall–Kier alpha value is 0.0700. The maximum Gasteiger partial charge on any atom is 0.267 e. The van der Waals surface area contributed by atoms with E-state index in [4.69, 9.17) is 23.2 Å². The highest BCUT2D eigenvalue weighted by Gasteiger charge is 2.19. The number of pyridine rings is 1. The zero-order valence-electron chi connectivity index (χ0n) is 6.20. The number of halogens is 5. The van der Waals surface area contributed by atoms with E-state index in [1.54, 1.807) is 0 Å². The molecule has 0 aliphatic carbocycles. The van der Waals surface area contributed by atoms with Gasteiger partial charge in [-0.3, -0.25) is 0 Å². The second-order valence-corrected chi connectivity index (χ2v) is 3.65. The van der Waals surface area contributed by atoms with Gasteiger partial charge in [0.1, 0.15) is 5.15 Å². The minimum absolute atomic E-state index is 0.116. The predicted molar refractivity (Wildman–Crippen MR) is 51.5 cm³/mol. The van der Waals surface area contributed by atoms with Crippen LogP contribution in [0.15, 0.2) is 10.7 Å². The van der Waals surface area contributed by atoms with Gasteiger partial charge in [0.25, 0.3) is 6.43 Å². The van der Waals surface area contributed by atoms with Gasteiger partial charge in [0.05, 0.1) is 11.4 Å². The van der Waals surface area contributed by atoms with Crippen molar-refractivity contribution in [1.82, 2.24) is 4.98 Å². The van der Waals surface area contributed by atoms with Crippen molar-refractivity contribution >= 4 is 39.1 Å². The lowest BCUT2D eigenvalue weighted by molar-refractivity contribution is 0.150. The first-order chi connectivity index (χ1) is 6.07. The van der Waals surface area contributed by atoms with Crippen molar-refractivity contribution < 1.29 is 8.78 Å². The van der Waals surface area contributed by atoms with Gasteiger partial charge in [0, 0.05) is 16.2 Å². The molecule has 72 valence electrons. The average molecular weight is 291 g/mol. The third-order valence-corrected chi connectivity index (χ3v) is 2.96. The fourth-order valence-electron chi connectivity index (χ4n) is 0.803. The third kappa shape index (κ3) is 2.30. The summed E-state index contributed by atoms with van der Waals surface area (Å²) in [5.41, 5.74) is 0.196. The van der Waals surface area contributed by atoms with Crippen molar-refractivity contribution in [3.63, 3.8) is 0 Å². The Morgan fingerprint density at radius 1 is 1.54 bits per heavy atom. The molecule has 1 rings (SSSR count). The standard InChI is InChI=1S/C7H4BrCl2F2N/c8-5-3(1-9)2-13-6(10)4(5)7(11)12/h2,7H,1H2. The summed E-state index contributed by atoms with van der Waals surface area (Å²) < 4.78 is 25.0. The fourth-order valence-corrected chi connectivity index (χ4v) is 2.11. The zero-order valence-corrected chi connectivity index (χ0v) is 9.30. The molecule has 0 saturated carbocycles. The maximum absolute atomic E-state index is 12.4. The molecular weight excluding hydrogens is 287 g/mol. The van der Waals surface area contributed by atoms with Gasteiger partial charge in [0.2, 0.25) is 0 Å². The van der Waals surface area contributed by atoms with E-state index in [1.807, 2.05) is 0 Å². The molecule has 0 spiro atoms. The van der Waals surface area contributed by atoms with Crippen LogP contribution in [0.5, 0.6) is 0 Å². The van der Waals surface area contributed by atoms with Crippen molar-refractivity contribution in [2.75, 3.05) is 0 Å². The Bertz CT molecular complexity index is 320. The van der Waals surface area contributed by atoms with Crippen LogP contribution in [-0.4, -0.2) is 4.98 Å². The molecular formula is C7H4BrCl2F2N. The molecule has 1 nitrogen and oxygen atoms in total. The van der Waals surface area contributed by atoms with Gasteiger partial charge < -0.3 is 0 Å². The lowest BCUT2D eigenvalue weighted by atomic mass is 10.2. The van der Waals surface area contributed by atoms with E-state index in [2.05, 4.69) is 20.9 Å². The molecule has 0 aromatic carbocycles. The van der Waals surface area contributed by atoms with E-state index < -0.39 is 6.43 Å². The van der Waals surface area contributed by atoms with E-state index in [0.717, 1.165) is 0 Å². The van der Waals surface area contributed by atoms with Crippen LogP contribution in [-0.2, 0) is 5.88 Å². The molecule has 0 aliphatic heterocycles. The number of aromatic nitrogens is 1. The highest BCUT2D eigenvalue weighted by atomic mass is 79.9. The SMILES string of the molecule is FC(F)c1c(Cl)ncc(CCl)c1Br. The number of alkyl halides is 3. The summed E-state index contributed by atoms with van der Waals surface area (Å²) in [6, 6.07) is 0. The van der Waals surface area contributed by atoms with Crippen LogP contribution in [0.1, 0.15) is 17.6 Å². The van der Waals surface area contributed by atoms with Crippen LogP contribution in [0.2, 0.25) is 5.15 Å². The van der Waals surface area contributed by atoms with Crippen LogP contribution in [0.4, 0.5) is 8.78 Å². The monoisotopic (exact) mass is 289 g/mol. The summed E-state index contributed by atoms with van der Waals surface area (Å²) in [6.07, 6.45) is -1.29. The van der Waals surface area contributed by atoms with E-state index in [9.17, 15) is 8.78 Å². The molecule has 0 N–H and O–H groups in total. The van der Waals surface area contributed by atoms with Gasteiger partial charge in [0.15, 0.2) is 0 Å². The average Bonchev–Trinajstić information content (AvgIpc) is 2.04. The van der Waals surface area contributed by atoms with Crippen molar-refractivity contribution in [1.29, 1.82) is 0 Å². The normalized spacial score (nSPS) is 10.9. The quantitative estimate of drug-likeness (QED) is 0.588. The summed E-state index contributed by atoms with van der Waals surface area (Å²) in [5, 5.41) is -0.198. The minimum Gasteiger partial charge on any atom is -0.244 e. The second-order valence-electron chi connectivity index (χ2n) is 2.24. The summed E-state index contributed by atoms with van der Waals surface area (Å²) in [4.78, 5) is 3.60. The number of nitrogens with zero attached hydrogens (tertiary/aromatic N) is 1. The van der Waals surface area contributed by atoms with Crippen molar-refractivity contribution in [2.24, 2.45) is 0 Å². The molecule has 1 aromatic heterocycles. The number of hydrogen-bond donors (Lipinski definition) is 0. The van der Waals surface area contributed by atoms with Crippen LogP contribution >= 0.6 is 39.1 Å². The van der Waals surface area contributed by atoms with E-state index in [-0.39, 0.29) is 21.1 Å². The molecule has 0 unspecified atom stereocenters. The Labute approximate surface area is 92.2 Å². The Morgan fingerprint density at radius 3 is 2.62 bits per heavy atom. The summed E-state index contributed by atoms with van der Waals surface area (Å²) in [5.74, 6) is 0.116. The number of hydrogen-bond acceptors (Lipinski definition) is 1. The van der Waals surface area contributed by atoms with Gasteiger partial charge in [-0.15, -0.1) is 11.6 Å². The minimum atomic E-state index is -2.66. The highest BCUT2D eigenvalue weighted by Crippen LogP contribution is 2.34. The van der Waals surface area contributed by atoms with Gasteiger partial charge in [-0.25, -0.2) is 13.8 Å². The molecule has 0 aliphatic rings. The highest BCUT2D eigenvalue weighted by molar-refractivity contribution is 9.10. The Kier molecular flexibility index (Phi) is 3.88. The van der Waals surface area contributed by atoms with E-state index >= 15 is 0 Å². The lowest BCUT2D eigenvalue weighted by Crippen LogP contribution is -1.95. The largest absolute Gasteiger partial charge is 0.267 e. The van der Waals surface area contributed by atoms with Crippen molar-refractivity contribution in [3.8, 4) is 0 Å². The first-order valence-corrected chi connectivity index (χ1v) is 4.95. The maximum atomic E-state index is 12.4. The molecule has 0 saturated heterocycles. The van der Waals surface area contributed by atoms with E-state index in [1.165, 1.54) is 6.20 Å². The molecule has 6 heteroatoms. The molecule has 1 aromatic rings. The first-order valence-electron chi connectivity index (χ1n) is 3.24. The zero-order chi connectivity index (χ0) is 10.0. The van der Waals surface area contributed by atoms with Crippen molar-refractivity contribution in [3.05, 3.63) is 26.9 Å². The van der Waals surface area contributed by atoms with Crippen LogP contribution in [0.25, 0.3) is 0 Å². The third-order valence-electron chi connectivity index (χ3n) is 1.44. The summed E-state index contributed by atoms with van der Waals surface area (Å²) in [6.45, 7) is 0. The second kappa shape index (κ2) is 4.53. The molecule has 13 heavy (non-hydrogen) atoms.